The molecule has 3 fully saturated rings. The van der Waals surface area contributed by atoms with Gasteiger partial charge in [-0.25, -0.2) is 0 Å². The third kappa shape index (κ3) is 9.44. The number of nitrogens with zero attached hydrogens (tertiary/aromatic N) is 1. The van der Waals surface area contributed by atoms with E-state index in [1.807, 2.05) is 41.3 Å². The zero-order valence-electron chi connectivity index (χ0n) is 25.5. The molecule has 2 aromatic rings. The van der Waals surface area contributed by atoms with Crippen molar-refractivity contribution in [2.24, 2.45) is 5.73 Å². The van der Waals surface area contributed by atoms with E-state index < -0.39 is 0 Å². The summed E-state index contributed by atoms with van der Waals surface area (Å²) in [6, 6.07) is 16.2. The monoisotopic (exact) mass is 593 g/mol. The van der Waals surface area contributed by atoms with Gasteiger partial charge in [0.2, 0.25) is 0 Å². The van der Waals surface area contributed by atoms with E-state index in [4.69, 9.17) is 10.5 Å². The molecule has 3 saturated heterocycles. The Hall–Kier alpha value is -2.61. The van der Waals surface area contributed by atoms with Crippen molar-refractivity contribution in [3.63, 3.8) is 0 Å². The highest BCUT2D eigenvalue weighted by atomic mass is 16.5. The van der Waals surface area contributed by atoms with Crippen molar-refractivity contribution in [1.82, 2.24) is 42.1 Å². The molecule has 0 saturated carbocycles. The first kappa shape index (κ1) is 31.8. The van der Waals surface area contributed by atoms with Crippen molar-refractivity contribution in [2.45, 2.75) is 30.6 Å². The Morgan fingerprint density at radius 1 is 0.767 bits per heavy atom. The maximum absolute atomic E-state index is 12.6. The second-order valence-electron chi connectivity index (χ2n) is 12.3. The molecule has 0 aromatic heterocycles. The summed E-state index contributed by atoms with van der Waals surface area (Å²) in [4.78, 5) is 14.5. The van der Waals surface area contributed by atoms with Crippen molar-refractivity contribution in [1.29, 1.82) is 0 Å². The molecule has 43 heavy (non-hydrogen) atoms. The SMILES string of the molecule is NC12CNCCNCC(NCc3ccc(OCCCN4Cc5ccccc5C4=O)cc3)(CNCCNC1)CNCCNC2. The normalized spacial score (nSPS) is 26.1. The second kappa shape index (κ2) is 15.9. The number of ether oxygens (including phenoxy) is 1. The second-order valence-corrected chi connectivity index (χ2v) is 12.3. The Kier molecular flexibility index (Phi) is 11.8. The van der Waals surface area contributed by atoms with Gasteiger partial charge in [-0.1, -0.05) is 30.3 Å². The zero-order valence-corrected chi connectivity index (χ0v) is 25.5. The number of amides is 1. The van der Waals surface area contributed by atoms with Crippen LogP contribution in [0.1, 0.15) is 27.9 Å². The van der Waals surface area contributed by atoms with Gasteiger partial charge in [0.1, 0.15) is 5.75 Å². The molecule has 11 heteroatoms. The van der Waals surface area contributed by atoms with Gasteiger partial charge in [-0.3, -0.25) is 4.79 Å². The minimum atomic E-state index is -0.318. The first-order valence-electron chi connectivity index (χ1n) is 15.9. The van der Waals surface area contributed by atoms with E-state index in [2.05, 4.69) is 49.4 Å². The highest BCUT2D eigenvalue weighted by Gasteiger charge is 2.30. The first-order valence-corrected chi connectivity index (χ1v) is 15.9. The molecule has 0 radical (unpaired) electrons. The summed E-state index contributed by atoms with van der Waals surface area (Å²) in [5, 5.41) is 25.6. The summed E-state index contributed by atoms with van der Waals surface area (Å²) in [7, 11) is 0. The molecule has 6 rings (SSSR count). The molecule has 4 heterocycles. The van der Waals surface area contributed by atoms with E-state index in [1.54, 1.807) is 0 Å². The third-order valence-corrected chi connectivity index (χ3v) is 8.59. The number of hydrogen-bond donors (Lipinski definition) is 8. The number of carbonyl (C=O) groups excluding carboxylic acids is 1. The molecule has 0 atom stereocenters. The molecule has 4 aliphatic rings. The number of rotatable bonds is 8. The van der Waals surface area contributed by atoms with Crippen molar-refractivity contribution in [3.8, 4) is 5.75 Å². The maximum Gasteiger partial charge on any atom is 0.254 e. The van der Waals surface area contributed by atoms with Gasteiger partial charge in [0.05, 0.1) is 17.7 Å². The summed E-state index contributed by atoms with van der Waals surface area (Å²) in [6.45, 7) is 12.8. The summed E-state index contributed by atoms with van der Waals surface area (Å²) >= 11 is 0. The van der Waals surface area contributed by atoms with Crippen LogP contribution in [0.3, 0.4) is 0 Å². The lowest BCUT2D eigenvalue weighted by molar-refractivity contribution is 0.0770. The average molecular weight is 594 g/mol. The summed E-state index contributed by atoms with van der Waals surface area (Å²) < 4.78 is 6.02. The lowest BCUT2D eigenvalue weighted by Crippen LogP contribution is -2.66. The van der Waals surface area contributed by atoms with Gasteiger partial charge in [0.15, 0.2) is 0 Å². The minimum Gasteiger partial charge on any atom is -0.494 e. The maximum atomic E-state index is 12.6. The van der Waals surface area contributed by atoms with Crippen LogP contribution in [0.4, 0.5) is 0 Å². The van der Waals surface area contributed by atoms with Crippen LogP contribution in [0.5, 0.6) is 5.75 Å². The van der Waals surface area contributed by atoms with Crippen LogP contribution in [0.2, 0.25) is 0 Å². The molecule has 2 aromatic carbocycles. The highest BCUT2D eigenvalue weighted by Crippen LogP contribution is 2.22. The standard InChI is InChI=1S/C32H51N9O2/c33-31-20-34-10-13-37-23-32(24-38-14-11-35-21-31,25-39-15-12-36-22-31)40-18-26-6-8-28(9-7-26)43-17-3-16-41-19-27-4-1-2-5-29(27)30(41)42/h1-2,4-9,34-40H,3,10-25,33H2. The zero-order chi connectivity index (χ0) is 29.8. The predicted molar refractivity (Wildman–Crippen MR) is 171 cm³/mol. The van der Waals surface area contributed by atoms with E-state index in [-0.39, 0.29) is 17.0 Å². The molecule has 0 spiro atoms. The van der Waals surface area contributed by atoms with Crippen molar-refractivity contribution < 1.29 is 9.53 Å². The number of hydrogen-bond acceptors (Lipinski definition) is 10. The number of carbonyl (C=O) groups is 1. The fourth-order valence-corrected chi connectivity index (χ4v) is 6.02. The fourth-order valence-electron chi connectivity index (χ4n) is 6.02. The minimum absolute atomic E-state index is 0.125. The van der Waals surface area contributed by atoms with E-state index in [1.165, 1.54) is 5.56 Å². The summed E-state index contributed by atoms with van der Waals surface area (Å²) in [6.07, 6.45) is 0.798. The van der Waals surface area contributed by atoms with E-state index >= 15 is 0 Å². The number of nitrogens with two attached hydrogens (primary N) is 1. The molecule has 9 N–H and O–H groups in total. The molecule has 0 unspecified atom stereocenters. The lowest BCUT2D eigenvalue weighted by Gasteiger charge is -2.37. The van der Waals surface area contributed by atoms with Crippen LogP contribution in [0.25, 0.3) is 0 Å². The van der Waals surface area contributed by atoms with Crippen LogP contribution in [0, 0.1) is 0 Å². The molecule has 2 bridgehead atoms. The van der Waals surface area contributed by atoms with Crippen molar-refractivity contribution in [2.75, 3.05) is 91.7 Å². The highest BCUT2D eigenvalue weighted by molar-refractivity contribution is 5.98. The lowest BCUT2D eigenvalue weighted by atomic mass is 9.97. The summed E-state index contributed by atoms with van der Waals surface area (Å²) in [5.41, 5.74) is 9.40. The Balaban J connectivity index is 1.11. The number of fused-ring (bicyclic) bond motifs is 16. The Morgan fingerprint density at radius 3 is 1.91 bits per heavy atom. The Morgan fingerprint density at radius 2 is 1.33 bits per heavy atom. The topological polar surface area (TPSA) is 140 Å². The quantitative estimate of drug-likeness (QED) is 0.184. The van der Waals surface area contributed by atoms with Crippen LogP contribution in [-0.4, -0.2) is 114 Å². The Bertz CT molecular complexity index is 1100. The fraction of sp³-hybridized carbons (Fsp3) is 0.594. The predicted octanol–water partition coefficient (Wildman–Crippen LogP) is -0.798. The Labute approximate surface area is 256 Å². The van der Waals surface area contributed by atoms with E-state index in [9.17, 15) is 4.79 Å². The van der Waals surface area contributed by atoms with Gasteiger partial charge in [-0.2, -0.15) is 0 Å². The smallest absolute Gasteiger partial charge is 0.254 e. The molecule has 0 aliphatic carbocycles. The molecular weight excluding hydrogens is 542 g/mol. The van der Waals surface area contributed by atoms with Crippen LogP contribution >= 0.6 is 0 Å². The van der Waals surface area contributed by atoms with E-state index in [0.717, 1.165) is 108 Å². The van der Waals surface area contributed by atoms with Crippen LogP contribution < -0.4 is 47.7 Å². The molecule has 11 nitrogen and oxygen atoms in total. The van der Waals surface area contributed by atoms with E-state index in [0.29, 0.717) is 19.7 Å². The molecule has 4 aliphatic heterocycles. The number of benzene rings is 2. The van der Waals surface area contributed by atoms with Gasteiger partial charge in [-0.15, -0.1) is 0 Å². The van der Waals surface area contributed by atoms with Gasteiger partial charge in [0.25, 0.3) is 5.91 Å². The average Bonchev–Trinajstić information content (AvgIpc) is 3.34. The summed E-state index contributed by atoms with van der Waals surface area (Å²) in [5.74, 6) is 0.980. The first-order chi connectivity index (χ1) is 21.0. The molecule has 236 valence electrons. The molecule has 1 amide bonds. The van der Waals surface area contributed by atoms with Gasteiger partial charge in [-0.05, 0) is 35.7 Å². The van der Waals surface area contributed by atoms with Gasteiger partial charge >= 0.3 is 0 Å². The van der Waals surface area contributed by atoms with Crippen LogP contribution in [0.15, 0.2) is 48.5 Å². The van der Waals surface area contributed by atoms with Crippen molar-refractivity contribution in [3.05, 3.63) is 65.2 Å². The van der Waals surface area contributed by atoms with Crippen molar-refractivity contribution >= 4 is 5.91 Å². The molecular formula is C32H51N9O2. The van der Waals surface area contributed by atoms with Gasteiger partial charge in [0, 0.05) is 104 Å². The van der Waals surface area contributed by atoms with Gasteiger partial charge < -0.3 is 52.6 Å². The van der Waals surface area contributed by atoms with Crippen LogP contribution in [-0.2, 0) is 13.1 Å². The largest absolute Gasteiger partial charge is 0.494 e. The third-order valence-electron chi connectivity index (χ3n) is 8.59. The number of nitrogens with one attached hydrogen (secondary N) is 7.